The highest BCUT2D eigenvalue weighted by Crippen LogP contribution is 1.86. The minimum absolute atomic E-state index is 0.440. The first-order valence-electron chi connectivity index (χ1n) is 3.91. The summed E-state index contributed by atoms with van der Waals surface area (Å²) >= 11 is 0. The molecule has 8 nitrogen and oxygen atoms in total. The Hall–Kier alpha value is -2.12. The van der Waals surface area contributed by atoms with Crippen LogP contribution in [-0.4, -0.2) is 34.1 Å². The third-order valence-electron chi connectivity index (χ3n) is 1.76. The molecule has 0 atom stereocenters. The van der Waals surface area contributed by atoms with Crippen molar-refractivity contribution in [2.45, 2.75) is 0 Å². The molecule has 1 aromatic rings. The van der Waals surface area contributed by atoms with Crippen LogP contribution in [0.2, 0.25) is 0 Å². The van der Waals surface area contributed by atoms with E-state index in [1.165, 1.54) is 11.3 Å². The quantitative estimate of drug-likeness (QED) is 0.507. The molecule has 0 fully saturated rings. The van der Waals surface area contributed by atoms with Gasteiger partial charge in [-0.25, -0.2) is 14.4 Å². The Kier molecular flexibility index (Phi) is 1.80. The number of H-pyrrole nitrogens is 2. The van der Waals surface area contributed by atoms with Crippen LogP contribution in [-0.2, 0) is 0 Å². The van der Waals surface area contributed by atoms with Crippen LogP contribution in [0.25, 0.3) is 0 Å². The Balaban J connectivity index is 2.64. The van der Waals surface area contributed by atoms with Crippen molar-refractivity contribution in [1.29, 1.82) is 0 Å². The van der Waals surface area contributed by atoms with Crippen molar-refractivity contribution >= 4 is 6.34 Å². The SMILES string of the molecule is O=c1[nH]c(=O)n(N2C=NCC2)c(=O)[nH]1. The van der Waals surface area contributed by atoms with Gasteiger partial charge in [0.1, 0.15) is 6.34 Å². The number of nitrogens with one attached hydrogen (secondary N) is 2. The largest absolute Gasteiger partial charge is 0.353 e. The molecular formula is C6H7N5O3. The lowest BCUT2D eigenvalue weighted by Gasteiger charge is -2.13. The van der Waals surface area contributed by atoms with E-state index in [1.807, 2.05) is 9.97 Å². The molecule has 1 aliphatic rings. The first-order valence-corrected chi connectivity index (χ1v) is 3.91. The van der Waals surface area contributed by atoms with Crippen LogP contribution in [0.4, 0.5) is 0 Å². The lowest BCUT2D eigenvalue weighted by atomic mass is 10.7. The van der Waals surface area contributed by atoms with Gasteiger partial charge in [-0.05, 0) is 0 Å². The van der Waals surface area contributed by atoms with Gasteiger partial charge < -0.3 is 0 Å². The summed E-state index contributed by atoms with van der Waals surface area (Å²) in [6, 6.07) is 0. The van der Waals surface area contributed by atoms with E-state index in [0.717, 1.165) is 4.68 Å². The zero-order valence-corrected chi connectivity index (χ0v) is 7.06. The van der Waals surface area contributed by atoms with E-state index >= 15 is 0 Å². The minimum atomic E-state index is -0.813. The van der Waals surface area contributed by atoms with Gasteiger partial charge in [-0.3, -0.25) is 20.0 Å². The molecule has 2 rings (SSSR count). The molecule has 0 saturated carbocycles. The Bertz CT molecular complexity index is 501. The van der Waals surface area contributed by atoms with Crippen LogP contribution < -0.4 is 22.1 Å². The highest BCUT2D eigenvalue weighted by atomic mass is 16.2. The average Bonchev–Trinajstić information content (AvgIpc) is 2.54. The molecule has 0 amide bonds. The normalized spacial score (nSPS) is 15.0. The van der Waals surface area contributed by atoms with Gasteiger partial charge in [0.2, 0.25) is 0 Å². The fraction of sp³-hybridized carbons (Fsp3) is 0.333. The molecule has 0 spiro atoms. The minimum Gasteiger partial charge on any atom is -0.272 e. The summed E-state index contributed by atoms with van der Waals surface area (Å²) < 4.78 is 0.790. The van der Waals surface area contributed by atoms with Crippen LogP contribution in [0.1, 0.15) is 0 Å². The number of aromatic nitrogens is 3. The molecule has 1 aliphatic heterocycles. The van der Waals surface area contributed by atoms with Crippen molar-refractivity contribution in [2.24, 2.45) is 4.99 Å². The van der Waals surface area contributed by atoms with E-state index in [1.54, 1.807) is 0 Å². The molecule has 74 valence electrons. The predicted octanol–water partition coefficient (Wildman–Crippen LogP) is -2.80. The summed E-state index contributed by atoms with van der Waals surface area (Å²) in [6.45, 7) is 0.958. The molecule has 2 N–H and O–H groups in total. The summed E-state index contributed by atoms with van der Waals surface area (Å²) in [6.07, 6.45) is 1.37. The van der Waals surface area contributed by atoms with Crippen molar-refractivity contribution < 1.29 is 0 Å². The molecule has 0 radical (unpaired) electrons. The average molecular weight is 197 g/mol. The smallest absolute Gasteiger partial charge is 0.272 e. The Labute approximate surface area is 76.5 Å². The van der Waals surface area contributed by atoms with Crippen molar-refractivity contribution in [3.05, 3.63) is 31.5 Å². The summed E-state index contributed by atoms with van der Waals surface area (Å²) in [7, 11) is 0. The first-order chi connectivity index (χ1) is 6.68. The lowest BCUT2D eigenvalue weighted by Crippen LogP contribution is -2.53. The second-order valence-corrected chi connectivity index (χ2v) is 2.69. The number of aliphatic imine (C=N–C) groups is 1. The van der Waals surface area contributed by atoms with Gasteiger partial charge in [-0.1, -0.05) is 0 Å². The molecule has 8 heteroatoms. The van der Waals surface area contributed by atoms with Crippen LogP contribution in [0.5, 0.6) is 0 Å². The second kappa shape index (κ2) is 2.98. The fourth-order valence-corrected chi connectivity index (χ4v) is 1.18. The van der Waals surface area contributed by atoms with E-state index in [2.05, 4.69) is 4.99 Å². The van der Waals surface area contributed by atoms with Gasteiger partial charge in [0.15, 0.2) is 0 Å². The van der Waals surface area contributed by atoms with Gasteiger partial charge >= 0.3 is 17.1 Å². The van der Waals surface area contributed by atoms with E-state index in [9.17, 15) is 14.4 Å². The standard InChI is InChI=1S/C6H7N5O3/c12-4-8-5(13)11(6(14)9-4)10-2-1-7-3-10/h3H,1-2H2,(H2,8,9,12,13,14). The first kappa shape index (κ1) is 8.48. The van der Waals surface area contributed by atoms with Gasteiger partial charge in [-0.2, -0.15) is 0 Å². The topological polar surface area (TPSA) is 103 Å². The Morgan fingerprint density at radius 3 is 2.36 bits per heavy atom. The third-order valence-corrected chi connectivity index (χ3v) is 1.76. The molecule has 0 aromatic carbocycles. The maximum atomic E-state index is 11.2. The molecule has 0 unspecified atom stereocenters. The highest BCUT2D eigenvalue weighted by Gasteiger charge is 2.12. The number of aromatic amines is 2. The lowest BCUT2D eigenvalue weighted by molar-refractivity contribution is 0.635. The van der Waals surface area contributed by atoms with Gasteiger partial charge in [0.25, 0.3) is 0 Å². The van der Waals surface area contributed by atoms with Gasteiger partial charge in [0, 0.05) is 0 Å². The van der Waals surface area contributed by atoms with E-state index in [-0.39, 0.29) is 0 Å². The fourth-order valence-electron chi connectivity index (χ4n) is 1.18. The summed E-state index contributed by atoms with van der Waals surface area (Å²) in [4.78, 5) is 40.9. The van der Waals surface area contributed by atoms with Crippen molar-refractivity contribution in [3.8, 4) is 0 Å². The molecule has 0 aliphatic carbocycles. The van der Waals surface area contributed by atoms with Crippen LogP contribution in [0.3, 0.4) is 0 Å². The monoisotopic (exact) mass is 197 g/mol. The summed E-state index contributed by atoms with van der Waals surface area (Å²) in [5, 5.41) is 1.33. The number of rotatable bonds is 1. The molecule has 1 aromatic heterocycles. The van der Waals surface area contributed by atoms with Crippen molar-refractivity contribution in [1.82, 2.24) is 14.6 Å². The zero-order valence-electron chi connectivity index (χ0n) is 7.06. The highest BCUT2D eigenvalue weighted by molar-refractivity contribution is 5.69. The third kappa shape index (κ3) is 1.26. The maximum Gasteiger partial charge on any atom is 0.353 e. The van der Waals surface area contributed by atoms with Crippen LogP contribution in [0, 0.1) is 0 Å². The second-order valence-electron chi connectivity index (χ2n) is 2.69. The van der Waals surface area contributed by atoms with E-state index < -0.39 is 17.1 Å². The molecule has 0 bridgehead atoms. The van der Waals surface area contributed by atoms with E-state index in [0.29, 0.717) is 13.1 Å². The number of hydrogen-bond acceptors (Lipinski definition) is 5. The van der Waals surface area contributed by atoms with Crippen LogP contribution in [0.15, 0.2) is 19.4 Å². The predicted molar refractivity (Wildman–Crippen MR) is 48.4 cm³/mol. The number of nitrogens with zero attached hydrogens (tertiary/aromatic N) is 3. The van der Waals surface area contributed by atoms with Crippen molar-refractivity contribution in [3.63, 3.8) is 0 Å². The molecule has 14 heavy (non-hydrogen) atoms. The van der Waals surface area contributed by atoms with Gasteiger partial charge in [0.05, 0.1) is 13.1 Å². The Morgan fingerprint density at radius 2 is 1.86 bits per heavy atom. The molecule has 2 heterocycles. The number of hydrogen-bond donors (Lipinski definition) is 2. The maximum absolute atomic E-state index is 11.2. The zero-order chi connectivity index (χ0) is 10.1. The summed E-state index contributed by atoms with van der Waals surface area (Å²) in [5.74, 6) is 0. The van der Waals surface area contributed by atoms with Gasteiger partial charge in [-0.15, -0.1) is 4.68 Å². The Morgan fingerprint density at radius 1 is 1.21 bits per heavy atom. The molecular weight excluding hydrogens is 190 g/mol. The van der Waals surface area contributed by atoms with Crippen molar-refractivity contribution in [2.75, 3.05) is 18.1 Å². The molecule has 0 saturated heterocycles. The summed E-state index contributed by atoms with van der Waals surface area (Å²) in [5.41, 5.74) is -2.36. The van der Waals surface area contributed by atoms with E-state index in [4.69, 9.17) is 0 Å². The van der Waals surface area contributed by atoms with Crippen LogP contribution >= 0.6 is 0 Å².